The van der Waals surface area contributed by atoms with Crippen LogP contribution in [-0.4, -0.2) is 33.5 Å². The molecule has 1 fully saturated rings. The first kappa shape index (κ1) is 20.5. The number of amides is 1. The van der Waals surface area contributed by atoms with Gasteiger partial charge in [0, 0.05) is 24.2 Å². The van der Waals surface area contributed by atoms with Gasteiger partial charge >= 0.3 is 0 Å². The average Bonchev–Trinajstić information content (AvgIpc) is 3.45. The number of carbonyl (C=O) groups is 1. The van der Waals surface area contributed by atoms with E-state index in [1.165, 1.54) is 0 Å². The molecule has 0 spiro atoms. The Morgan fingerprint density at radius 1 is 1.16 bits per heavy atom. The Bertz CT molecular complexity index is 1060. The number of anilines is 1. The summed E-state index contributed by atoms with van der Waals surface area (Å²) in [7, 11) is 3.16. The van der Waals surface area contributed by atoms with Crippen LogP contribution in [0.15, 0.2) is 48.0 Å². The molecule has 2 atom stereocenters. The van der Waals surface area contributed by atoms with E-state index in [0.717, 1.165) is 5.56 Å². The van der Waals surface area contributed by atoms with Crippen molar-refractivity contribution in [1.82, 2.24) is 10.9 Å². The molecule has 0 bridgehead atoms. The van der Waals surface area contributed by atoms with Crippen LogP contribution in [0.5, 0.6) is 23.0 Å². The van der Waals surface area contributed by atoms with Crippen LogP contribution in [-0.2, 0) is 4.79 Å². The van der Waals surface area contributed by atoms with Crippen molar-refractivity contribution in [2.45, 2.75) is 6.04 Å². The van der Waals surface area contributed by atoms with E-state index in [1.54, 1.807) is 38.5 Å². The number of hydrogen-bond acceptors (Lipinski definition) is 8. The SMILES string of the molecule is COc1ccc(C2NNCC2/C=C(\C#N)C(=O)Nc2ccc3c(c2)OCO3)cc1OC. The molecule has 2 aromatic rings. The first-order chi connectivity index (χ1) is 15.1. The van der Waals surface area contributed by atoms with Crippen LogP contribution in [0.1, 0.15) is 11.6 Å². The topological polar surface area (TPSA) is 114 Å². The van der Waals surface area contributed by atoms with Crippen molar-refractivity contribution in [1.29, 1.82) is 5.26 Å². The van der Waals surface area contributed by atoms with Gasteiger partial charge in [-0.1, -0.05) is 12.1 Å². The second-order valence-corrected chi connectivity index (χ2v) is 7.00. The fourth-order valence-corrected chi connectivity index (χ4v) is 3.59. The maximum absolute atomic E-state index is 12.7. The zero-order chi connectivity index (χ0) is 21.8. The van der Waals surface area contributed by atoms with E-state index in [4.69, 9.17) is 18.9 Å². The lowest BCUT2D eigenvalue weighted by molar-refractivity contribution is -0.112. The second kappa shape index (κ2) is 8.95. The molecule has 4 rings (SSSR count). The summed E-state index contributed by atoms with van der Waals surface area (Å²) >= 11 is 0. The highest BCUT2D eigenvalue weighted by molar-refractivity contribution is 6.06. The molecule has 9 heteroatoms. The first-order valence-electron chi connectivity index (χ1n) is 9.66. The van der Waals surface area contributed by atoms with Crippen molar-refractivity contribution in [2.75, 3.05) is 32.9 Å². The van der Waals surface area contributed by atoms with Crippen LogP contribution in [0, 0.1) is 17.2 Å². The Morgan fingerprint density at radius 3 is 2.74 bits per heavy atom. The molecule has 160 valence electrons. The van der Waals surface area contributed by atoms with Gasteiger partial charge in [-0.25, -0.2) is 5.43 Å². The summed E-state index contributed by atoms with van der Waals surface area (Å²) in [5, 5.41) is 12.3. The molecule has 0 aromatic heterocycles. The number of nitriles is 1. The monoisotopic (exact) mass is 422 g/mol. The predicted octanol–water partition coefficient (Wildman–Crippen LogP) is 2.29. The third kappa shape index (κ3) is 4.26. The number of methoxy groups -OCH3 is 2. The number of nitrogens with zero attached hydrogens (tertiary/aromatic N) is 1. The number of benzene rings is 2. The Balaban J connectivity index is 1.52. The molecule has 2 heterocycles. The van der Waals surface area contributed by atoms with Crippen molar-refractivity contribution in [2.24, 2.45) is 5.92 Å². The van der Waals surface area contributed by atoms with Crippen molar-refractivity contribution >= 4 is 11.6 Å². The van der Waals surface area contributed by atoms with Crippen LogP contribution in [0.25, 0.3) is 0 Å². The lowest BCUT2D eigenvalue weighted by Gasteiger charge is -2.18. The summed E-state index contributed by atoms with van der Waals surface area (Å²) in [6.07, 6.45) is 1.68. The Hall–Kier alpha value is -3.74. The maximum atomic E-state index is 12.7. The Morgan fingerprint density at radius 2 is 1.97 bits per heavy atom. The minimum atomic E-state index is -0.487. The van der Waals surface area contributed by atoms with Crippen LogP contribution in [0.4, 0.5) is 5.69 Å². The molecule has 0 aliphatic carbocycles. The van der Waals surface area contributed by atoms with E-state index in [0.29, 0.717) is 35.2 Å². The normalized spacial score (nSPS) is 19.6. The van der Waals surface area contributed by atoms with Crippen molar-refractivity contribution in [3.8, 4) is 29.1 Å². The molecule has 1 amide bonds. The number of carbonyl (C=O) groups excluding carboxylic acids is 1. The van der Waals surface area contributed by atoms with Crippen LogP contribution < -0.4 is 35.1 Å². The first-order valence-corrected chi connectivity index (χ1v) is 9.66. The van der Waals surface area contributed by atoms with Gasteiger partial charge in [-0.2, -0.15) is 5.26 Å². The molecule has 3 N–H and O–H groups in total. The van der Waals surface area contributed by atoms with Crippen LogP contribution in [0.2, 0.25) is 0 Å². The second-order valence-electron chi connectivity index (χ2n) is 7.00. The van der Waals surface area contributed by atoms with Crippen molar-refractivity contribution in [3.63, 3.8) is 0 Å². The largest absolute Gasteiger partial charge is 0.493 e. The molecule has 2 aromatic carbocycles. The number of ether oxygens (including phenoxy) is 4. The third-order valence-electron chi connectivity index (χ3n) is 5.17. The summed E-state index contributed by atoms with van der Waals surface area (Å²) < 4.78 is 21.3. The Labute approximate surface area is 179 Å². The molecule has 0 radical (unpaired) electrons. The fourth-order valence-electron chi connectivity index (χ4n) is 3.59. The lowest BCUT2D eigenvalue weighted by Crippen LogP contribution is -2.25. The van der Waals surface area contributed by atoms with Gasteiger partial charge in [0.05, 0.1) is 20.3 Å². The lowest BCUT2D eigenvalue weighted by atomic mass is 9.92. The minimum absolute atomic E-state index is 0.0265. The molecular formula is C22H22N4O5. The molecule has 2 aliphatic rings. The van der Waals surface area contributed by atoms with Gasteiger partial charge in [0.15, 0.2) is 23.0 Å². The molecule has 31 heavy (non-hydrogen) atoms. The predicted molar refractivity (Wildman–Crippen MR) is 112 cm³/mol. The third-order valence-corrected chi connectivity index (χ3v) is 5.17. The van der Waals surface area contributed by atoms with Gasteiger partial charge in [0.1, 0.15) is 11.6 Å². The van der Waals surface area contributed by atoms with Crippen molar-refractivity contribution in [3.05, 3.63) is 53.6 Å². The van der Waals surface area contributed by atoms with E-state index in [-0.39, 0.29) is 24.3 Å². The van der Waals surface area contributed by atoms with E-state index in [2.05, 4.69) is 16.2 Å². The zero-order valence-corrected chi connectivity index (χ0v) is 17.1. The summed E-state index contributed by atoms with van der Waals surface area (Å²) in [5.74, 6) is 1.80. The van der Waals surface area contributed by atoms with Crippen LogP contribution in [0.3, 0.4) is 0 Å². The number of nitrogens with one attached hydrogen (secondary N) is 3. The average molecular weight is 422 g/mol. The highest BCUT2D eigenvalue weighted by atomic mass is 16.7. The smallest absolute Gasteiger partial charge is 0.265 e. The number of hydrazine groups is 1. The Kier molecular flexibility index (Phi) is 5.93. The highest BCUT2D eigenvalue weighted by Crippen LogP contribution is 2.35. The molecular weight excluding hydrogens is 400 g/mol. The maximum Gasteiger partial charge on any atom is 0.265 e. The fraction of sp³-hybridized carbons (Fsp3) is 0.273. The standard InChI is InChI=1S/C22H22N4O5/c1-28-17-5-3-13(8-19(17)29-2)21-15(11-24-26-21)7-14(10-23)22(27)25-16-4-6-18-20(9-16)31-12-30-18/h3-9,15,21,24,26H,11-12H2,1-2H3,(H,25,27)/b14-7+. The van der Waals surface area contributed by atoms with E-state index in [9.17, 15) is 10.1 Å². The van der Waals surface area contributed by atoms with Gasteiger partial charge in [-0.15, -0.1) is 0 Å². The number of fused-ring (bicyclic) bond motifs is 1. The minimum Gasteiger partial charge on any atom is -0.493 e. The summed E-state index contributed by atoms with van der Waals surface area (Å²) in [4.78, 5) is 12.7. The zero-order valence-electron chi connectivity index (χ0n) is 17.1. The molecule has 2 unspecified atom stereocenters. The molecule has 0 saturated carbocycles. The number of hydrogen-bond donors (Lipinski definition) is 3. The molecule has 9 nitrogen and oxygen atoms in total. The number of rotatable bonds is 6. The van der Waals surface area contributed by atoms with Crippen molar-refractivity contribution < 1.29 is 23.7 Å². The molecule has 2 aliphatic heterocycles. The van der Waals surface area contributed by atoms with Gasteiger partial charge in [0.2, 0.25) is 6.79 Å². The van der Waals surface area contributed by atoms with E-state index >= 15 is 0 Å². The van der Waals surface area contributed by atoms with E-state index < -0.39 is 5.91 Å². The van der Waals surface area contributed by atoms with Gasteiger partial charge < -0.3 is 24.3 Å². The van der Waals surface area contributed by atoms with Gasteiger partial charge in [-0.3, -0.25) is 10.2 Å². The van der Waals surface area contributed by atoms with Crippen LogP contribution >= 0.6 is 0 Å². The quantitative estimate of drug-likeness (QED) is 0.480. The summed E-state index contributed by atoms with van der Waals surface area (Å²) in [6, 6.07) is 12.6. The highest BCUT2D eigenvalue weighted by Gasteiger charge is 2.29. The van der Waals surface area contributed by atoms with Gasteiger partial charge in [0.25, 0.3) is 5.91 Å². The summed E-state index contributed by atoms with van der Waals surface area (Å²) in [6.45, 7) is 0.705. The summed E-state index contributed by atoms with van der Waals surface area (Å²) in [5.41, 5.74) is 7.78. The molecule has 1 saturated heterocycles. The van der Waals surface area contributed by atoms with E-state index in [1.807, 2.05) is 24.3 Å². The van der Waals surface area contributed by atoms with Gasteiger partial charge in [-0.05, 0) is 29.8 Å².